The maximum absolute atomic E-state index is 12.2. The van der Waals surface area contributed by atoms with E-state index < -0.39 is 11.5 Å². The van der Waals surface area contributed by atoms with Crippen molar-refractivity contribution in [1.29, 1.82) is 0 Å². The summed E-state index contributed by atoms with van der Waals surface area (Å²) in [6.07, 6.45) is 1.30. The van der Waals surface area contributed by atoms with Crippen molar-refractivity contribution in [3.8, 4) is 0 Å². The van der Waals surface area contributed by atoms with Crippen molar-refractivity contribution < 1.29 is 23.6 Å². The first-order valence-corrected chi connectivity index (χ1v) is 9.14. The van der Waals surface area contributed by atoms with Crippen LogP contribution in [0.25, 0.3) is 0 Å². The fourth-order valence-corrected chi connectivity index (χ4v) is 3.17. The van der Waals surface area contributed by atoms with Crippen LogP contribution >= 0.6 is 0 Å². The van der Waals surface area contributed by atoms with Gasteiger partial charge in [-0.25, -0.2) is 4.79 Å². The van der Waals surface area contributed by atoms with E-state index in [-0.39, 0.29) is 23.9 Å². The second kappa shape index (κ2) is 8.10. The Hall–Kier alpha value is -2.05. The summed E-state index contributed by atoms with van der Waals surface area (Å²) in [5.41, 5.74) is 0.340. The summed E-state index contributed by atoms with van der Waals surface area (Å²) in [7, 11) is 1.38. The van der Waals surface area contributed by atoms with E-state index >= 15 is 0 Å². The molecule has 1 unspecified atom stereocenters. The molecule has 0 aromatic carbocycles. The number of piperidine rings is 1. The SMILES string of the molecule is COC(=O)C(c1cc(C2CCN(C(=O)OC(C)(C)C)CC2)no1)C(C)C. The molecule has 1 aromatic rings. The molecule has 0 N–H and O–H groups in total. The minimum absolute atomic E-state index is 0.0530. The zero-order chi connectivity index (χ0) is 19.5. The number of nitrogens with zero attached hydrogens (tertiary/aromatic N) is 2. The molecule has 1 saturated heterocycles. The molecule has 0 aliphatic carbocycles. The van der Waals surface area contributed by atoms with Crippen molar-refractivity contribution in [2.24, 2.45) is 5.92 Å². The van der Waals surface area contributed by atoms with E-state index in [1.165, 1.54) is 7.11 Å². The van der Waals surface area contributed by atoms with Gasteiger partial charge in [0.25, 0.3) is 0 Å². The third-order valence-corrected chi connectivity index (χ3v) is 4.54. The van der Waals surface area contributed by atoms with E-state index in [4.69, 9.17) is 14.0 Å². The zero-order valence-corrected chi connectivity index (χ0v) is 16.6. The molecule has 1 aliphatic rings. The number of hydrogen-bond acceptors (Lipinski definition) is 6. The highest BCUT2D eigenvalue weighted by Gasteiger charge is 2.32. The molecule has 0 radical (unpaired) electrons. The third kappa shape index (κ3) is 4.99. The van der Waals surface area contributed by atoms with Crippen molar-refractivity contribution in [2.75, 3.05) is 20.2 Å². The highest BCUT2D eigenvalue weighted by Crippen LogP contribution is 2.32. The maximum Gasteiger partial charge on any atom is 0.410 e. The van der Waals surface area contributed by atoms with Crippen LogP contribution in [-0.4, -0.2) is 47.9 Å². The molecule has 1 fully saturated rings. The van der Waals surface area contributed by atoms with Gasteiger partial charge in [-0.3, -0.25) is 4.79 Å². The van der Waals surface area contributed by atoms with Crippen LogP contribution < -0.4 is 0 Å². The quantitative estimate of drug-likeness (QED) is 0.756. The monoisotopic (exact) mass is 366 g/mol. The Bertz CT molecular complexity index is 624. The second-order valence-electron chi connectivity index (χ2n) is 8.14. The smallest absolute Gasteiger partial charge is 0.410 e. The van der Waals surface area contributed by atoms with E-state index in [1.54, 1.807) is 4.90 Å². The lowest BCUT2D eigenvalue weighted by molar-refractivity contribution is -0.144. The minimum Gasteiger partial charge on any atom is -0.468 e. The number of carbonyl (C=O) groups is 2. The fraction of sp³-hybridized carbons (Fsp3) is 0.737. The van der Waals surface area contributed by atoms with Crippen molar-refractivity contribution in [3.05, 3.63) is 17.5 Å². The summed E-state index contributed by atoms with van der Waals surface area (Å²) in [6.45, 7) is 10.7. The highest BCUT2D eigenvalue weighted by molar-refractivity contribution is 5.77. The topological polar surface area (TPSA) is 81.9 Å². The van der Waals surface area contributed by atoms with E-state index in [1.807, 2.05) is 40.7 Å². The van der Waals surface area contributed by atoms with Gasteiger partial charge in [0.2, 0.25) is 0 Å². The van der Waals surface area contributed by atoms with Crippen LogP contribution in [-0.2, 0) is 14.3 Å². The molecule has 0 bridgehead atoms. The number of amides is 1. The third-order valence-electron chi connectivity index (χ3n) is 4.54. The van der Waals surface area contributed by atoms with Gasteiger partial charge in [0, 0.05) is 25.1 Å². The van der Waals surface area contributed by atoms with E-state index in [0.29, 0.717) is 18.8 Å². The zero-order valence-electron chi connectivity index (χ0n) is 16.6. The molecule has 1 amide bonds. The number of likely N-dealkylation sites (tertiary alicyclic amines) is 1. The standard InChI is InChI=1S/C19H30N2O5/c1-12(2)16(17(22)24-6)15-11-14(20-26-15)13-7-9-21(10-8-13)18(23)25-19(3,4)5/h11-13,16H,7-10H2,1-6H3. The molecule has 7 nitrogen and oxygen atoms in total. The molecular weight excluding hydrogens is 336 g/mol. The molecule has 1 aromatic heterocycles. The van der Waals surface area contributed by atoms with E-state index in [2.05, 4.69) is 5.16 Å². The first-order chi connectivity index (χ1) is 12.1. The van der Waals surface area contributed by atoms with Crippen molar-refractivity contribution in [1.82, 2.24) is 10.1 Å². The Balaban J connectivity index is 1.99. The summed E-state index contributed by atoms with van der Waals surface area (Å²) in [5.74, 6) is 0.0240. The first kappa shape index (κ1) is 20.3. The molecule has 7 heteroatoms. The van der Waals surface area contributed by atoms with Crippen molar-refractivity contribution in [3.63, 3.8) is 0 Å². The summed E-state index contributed by atoms with van der Waals surface area (Å²) >= 11 is 0. The highest BCUT2D eigenvalue weighted by atomic mass is 16.6. The van der Waals surface area contributed by atoms with Gasteiger partial charge in [0.05, 0.1) is 12.8 Å². The predicted molar refractivity (Wildman–Crippen MR) is 95.9 cm³/mol. The second-order valence-corrected chi connectivity index (χ2v) is 8.14. The number of carbonyl (C=O) groups excluding carboxylic acids is 2. The average Bonchev–Trinajstić information content (AvgIpc) is 3.02. The molecule has 2 rings (SSSR count). The molecule has 146 valence electrons. The maximum atomic E-state index is 12.2. The molecule has 2 heterocycles. The Morgan fingerprint density at radius 1 is 1.27 bits per heavy atom. The number of ether oxygens (including phenoxy) is 2. The Kier molecular flexibility index (Phi) is 6.31. The molecule has 26 heavy (non-hydrogen) atoms. The van der Waals surface area contributed by atoms with Crippen LogP contribution in [0.4, 0.5) is 4.79 Å². The Morgan fingerprint density at radius 2 is 1.88 bits per heavy atom. The number of rotatable bonds is 4. The fourth-order valence-electron chi connectivity index (χ4n) is 3.17. The molecular formula is C19H30N2O5. The van der Waals surface area contributed by atoms with Crippen LogP contribution in [0.2, 0.25) is 0 Å². The minimum atomic E-state index is -0.491. The predicted octanol–water partition coefficient (Wildman–Crippen LogP) is 3.70. The van der Waals surface area contributed by atoms with Crippen LogP contribution in [0.15, 0.2) is 10.6 Å². The van der Waals surface area contributed by atoms with Crippen LogP contribution in [0.5, 0.6) is 0 Å². The van der Waals surface area contributed by atoms with Gasteiger partial charge in [0.15, 0.2) is 5.76 Å². The molecule has 0 spiro atoms. The van der Waals surface area contributed by atoms with Crippen LogP contribution in [0.3, 0.4) is 0 Å². The normalized spacial score (nSPS) is 17.3. The summed E-state index contributed by atoms with van der Waals surface area (Å²) < 4.78 is 15.7. The number of esters is 1. The lowest BCUT2D eigenvalue weighted by Crippen LogP contribution is -2.41. The van der Waals surface area contributed by atoms with Gasteiger partial charge >= 0.3 is 12.1 Å². The summed E-state index contributed by atoms with van der Waals surface area (Å²) in [4.78, 5) is 25.9. The van der Waals surface area contributed by atoms with Gasteiger partial charge in [-0.1, -0.05) is 19.0 Å². The van der Waals surface area contributed by atoms with Gasteiger partial charge in [-0.15, -0.1) is 0 Å². The van der Waals surface area contributed by atoms with Gasteiger partial charge in [0.1, 0.15) is 11.5 Å². The summed E-state index contributed by atoms with van der Waals surface area (Å²) in [5, 5.41) is 4.17. The Morgan fingerprint density at radius 3 is 2.38 bits per heavy atom. The molecule has 1 aliphatic heterocycles. The number of aromatic nitrogens is 1. The van der Waals surface area contributed by atoms with Gasteiger partial charge in [-0.05, 0) is 39.5 Å². The average molecular weight is 366 g/mol. The van der Waals surface area contributed by atoms with E-state index in [0.717, 1.165) is 18.5 Å². The lowest BCUT2D eigenvalue weighted by atomic mass is 9.90. The number of methoxy groups -OCH3 is 1. The number of hydrogen-bond donors (Lipinski definition) is 0. The largest absolute Gasteiger partial charge is 0.468 e. The lowest BCUT2D eigenvalue weighted by Gasteiger charge is -2.32. The summed E-state index contributed by atoms with van der Waals surface area (Å²) in [6, 6.07) is 1.86. The van der Waals surface area contributed by atoms with Crippen LogP contribution in [0.1, 0.15) is 70.8 Å². The Labute approximate surface area is 155 Å². The molecule has 0 saturated carbocycles. The van der Waals surface area contributed by atoms with Gasteiger partial charge in [-0.2, -0.15) is 0 Å². The van der Waals surface area contributed by atoms with Crippen LogP contribution in [0, 0.1) is 5.92 Å². The van der Waals surface area contributed by atoms with Crippen molar-refractivity contribution >= 4 is 12.1 Å². The van der Waals surface area contributed by atoms with Crippen molar-refractivity contribution in [2.45, 2.75) is 64.9 Å². The van der Waals surface area contributed by atoms with Gasteiger partial charge < -0.3 is 18.9 Å². The first-order valence-electron chi connectivity index (χ1n) is 9.14. The van der Waals surface area contributed by atoms with E-state index in [9.17, 15) is 9.59 Å². The molecule has 1 atom stereocenters.